The number of rotatable bonds is 12. The van der Waals surface area contributed by atoms with E-state index in [-0.39, 0.29) is 11.8 Å². The summed E-state index contributed by atoms with van der Waals surface area (Å²) in [4.78, 5) is 0. The Balaban J connectivity index is 1.40. The summed E-state index contributed by atoms with van der Waals surface area (Å²) in [5.41, 5.74) is 16.1. The van der Waals surface area contributed by atoms with E-state index < -0.39 is 0 Å². The monoisotopic (exact) mass is 721 g/mol. The maximum Gasteiger partial charge on any atom is 0.254 e. The van der Waals surface area contributed by atoms with Gasteiger partial charge in [0.1, 0.15) is 23.8 Å². The van der Waals surface area contributed by atoms with Gasteiger partial charge in [0.2, 0.25) is 0 Å². The van der Waals surface area contributed by atoms with Gasteiger partial charge in [0.05, 0.1) is 0 Å². The Morgan fingerprint density at radius 1 is 0.382 bits per heavy atom. The molecule has 1 aromatic heterocycles. The molecule has 0 aliphatic carbocycles. The van der Waals surface area contributed by atoms with Crippen molar-refractivity contribution >= 4 is 0 Å². The van der Waals surface area contributed by atoms with Crippen LogP contribution in [0.1, 0.15) is 147 Å². The number of hydrogen-bond acceptors (Lipinski definition) is 0. The summed E-state index contributed by atoms with van der Waals surface area (Å²) < 4.78 is 4.79. The lowest BCUT2D eigenvalue weighted by Gasteiger charge is -2.25. The smallest absolute Gasteiger partial charge is 0.201 e. The molecule has 6 aromatic carbocycles. The van der Waals surface area contributed by atoms with E-state index in [2.05, 4.69) is 229 Å². The van der Waals surface area contributed by atoms with Gasteiger partial charge in [-0.05, 0) is 57.1 Å². The first-order chi connectivity index (χ1) is 26.6. The second-order valence-electron chi connectivity index (χ2n) is 16.5. The zero-order valence-electron chi connectivity index (χ0n) is 33.9. The summed E-state index contributed by atoms with van der Waals surface area (Å²) in [6.07, 6.45) is 6.88. The van der Waals surface area contributed by atoms with E-state index in [1.54, 1.807) is 0 Å². The summed E-state index contributed by atoms with van der Waals surface area (Å²) in [5.74, 6) is 1.63. The number of nitrogens with zero attached hydrogens (tertiary/aromatic N) is 2. The minimum Gasteiger partial charge on any atom is -0.201 e. The standard InChI is InChI=1S/C53H57N2/c1-36(2)46-31-44(50(40-21-13-9-14-22-40)41-23-15-10-16-24-41)32-47(37(3)4)52(46)54-29-30-55(35-54)53-48(38(5)6)33-45(34-49(53)39(7)8)51(42-25-17-11-18-26-42)43-27-19-12-20-28-43/h9-39,50-51H,1-8H3/q+1. The Kier molecular flexibility index (Phi) is 11.3. The Labute approximate surface area is 330 Å². The molecule has 0 radical (unpaired) electrons. The molecule has 0 N–H and O–H groups in total. The number of hydrogen-bond donors (Lipinski definition) is 0. The van der Waals surface area contributed by atoms with E-state index in [0.29, 0.717) is 23.7 Å². The van der Waals surface area contributed by atoms with E-state index >= 15 is 0 Å². The third-order valence-electron chi connectivity index (χ3n) is 11.2. The van der Waals surface area contributed by atoms with Crippen LogP contribution in [0.4, 0.5) is 0 Å². The summed E-state index contributed by atoms with van der Waals surface area (Å²) >= 11 is 0. The topological polar surface area (TPSA) is 8.81 Å². The Morgan fingerprint density at radius 2 is 0.691 bits per heavy atom. The molecule has 0 atom stereocenters. The molecule has 278 valence electrons. The summed E-state index contributed by atoms with van der Waals surface area (Å²) in [5, 5.41) is 0. The molecule has 7 rings (SSSR count). The third-order valence-corrected chi connectivity index (χ3v) is 11.2. The van der Waals surface area contributed by atoms with Crippen LogP contribution in [0.2, 0.25) is 0 Å². The van der Waals surface area contributed by atoms with Crippen LogP contribution in [0.15, 0.2) is 164 Å². The quantitative estimate of drug-likeness (QED) is 0.0877. The van der Waals surface area contributed by atoms with Gasteiger partial charge in [0.25, 0.3) is 6.33 Å². The third kappa shape index (κ3) is 7.87. The molecule has 2 nitrogen and oxygen atoms in total. The number of imidazole rings is 1. The van der Waals surface area contributed by atoms with E-state index in [1.165, 1.54) is 67.0 Å². The molecule has 0 aliphatic rings. The van der Waals surface area contributed by atoms with Crippen molar-refractivity contribution in [2.75, 3.05) is 0 Å². The van der Waals surface area contributed by atoms with Crippen molar-refractivity contribution in [3.63, 3.8) is 0 Å². The highest BCUT2D eigenvalue weighted by molar-refractivity contribution is 5.57. The van der Waals surface area contributed by atoms with Gasteiger partial charge in [-0.2, -0.15) is 0 Å². The van der Waals surface area contributed by atoms with E-state index in [0.717, 1.165) is 0 Å². The fraction of sp³-hybridized carbons (Fsp3) is 0.264. The van der Waals surface area contributed by atoms with E-state index in [9.17, 15) is 0 Å². The van der Waals surface area contributed by atoms with Crippen molar-refractivity contribution in [2.45, 2.75) is 90.9 Å². The van der Waals surface area contributed by atoms with Gasteiger partial charge in [0, 0.05) is 34.1 Å². The van der Waals surface area contributed by atoms with Gasteiger partial charge >= 0.3 is 0 Å². The van der Waals surface area contributed by atoms with Crippen molar-refractivity contribution in [1.82, 2.24) is 4.57 Å². The second kappa shape index (κ2) is 16.5. The van der Waals surface area contributed by atoms with Gasteiger partial charge in [0.15, 0.2) is 0 Å². The largest absolute Gasteiger partial charge is 0.254 e. The fourth-order valence-electron chi connectivity index (χ4n) is 8.45. The molecule has 2 heteroatoms. The first kappa shape index (κ1) is 37.8. The Bertz CT molecular complexity index is 2010. The van der Waals surface area contributed by atoms with Crippen LogP contribution in [0.3, 0.4) is 0 Å². The highest BCUT2D eigenvalue weighted by Crippen LogP contribution is 2.41. The molecule has 0 fully saturated rings. The second-order valence-corrected chi connectivity index (χ2v) is 16.5. The molecule has 0 saturated carbocycles. The predicted molar refractivity (Wildman–Crippen MR) is 231 cm³/mol. The van der Waals surface area contributed by atoms with E-state index in [4.69, 9.17) is 0 Å². The molecule has 55 heavy (non-hydrogen) atoms. The lowest BCUT2D eigenvalue weighted by atomic mass is 9.80. The molecule has 0 saturated heterocycles. The van der Waals surface area contributed by atoms with Gasteiger partial charge in [-0.25, -0.2) is 9.13 Å². The van der Waals surface area contributed by atoms with Gasteiger partial charge in [-0.3, -0.25) is 0 Å². The van der Waals surface area contributed by atoms with Crippen molar-refractivity contribution in [2.24, 2.45) is 0 Å². The molecule has 0 spiro atoms. The highest BCUT2D eigenvalue weighted by Gasteiger charge is 2.29. The lowest BCUT2D eigenvalue weighted by Crippen LogP contribution is -2.32. The van der Waals surface area contributed by atoms with Crippen LogP contribution < -0.4 is 4.57 Å². The summed E-state index contributed by atoms with van der Waals surface area (Å²) in [6.45, 7) is 18.7. The molecule has 0 bridgehead atoms. The first-order valence-corrected chi connectivity index (χ1v) is 20.3. The fourth-order valence-corrected chi connectivity index (χ4v) is 8.45. The van der Waals surface area contributed by atoms with E-state index in [1.807, 2.05) is 0 Å². The van der Waals surface area contributed by atoms with Crippen LogP contribution in [0, 0.1) is 0 Å². The van der Waals surface area contributed by atoms with Gasteiger partial charge in [-0.1, -0.05) is 201 Å². The molecular formula is C53H57N2+. The average Bonchev–Trinajstić information content (AvgIpc) is 3.69. The Morgan fingerprint density at radius 3 is 1.00 bits per heavy atom. The molecule has 7 aromatic rings. The van der Waals surface area contributed by atoms with Gasteiger partial charge < -0.3 is 0 Å². The van der Waals surface area contributed by atoms with Crippen LogP contribution in [0.25, 0.3) is 11.4 Å². The zero-order chi connectivity index (χ0) is 38.6. The average molecular weight is 722 g/mol. The molecule has 1 heterocycles. The number of aromatic nitrogens is 2. The van der Waals surface area contributed by atoms with Crippen molar-refractivity contribution < 1.29 is 4.57 Å². The Hall–Kier alpha value is -5.47. The SMILES string of the molecule is CC(C)c1cc(C(c2ccccc2)c2ccccc2)cc(C(C)C)c1-n1cc[n+](-c2c(C(C)C)cc(C(c3ccccc3)c3ccccc3)cc2C(C)C)c1. The first-order valence-electron chi connectivity index (χ1n) is 20.3. The zero-order valence-corrected chi connectivity index (χ0v) is 33.9. The van der Waals surface area contributed by atoms with Crippen molar-refractivity contribution in [1.29, 1.82) is 0 Å². The number of benzene rings is 6. The van der Waals surface area contributed by atoms with Crippen LogP contribution >= 0.6 is 0 Å². The van der Waals surface area contributed by atoms with Crippen LogP contribution in [-0.4, -0.2) is 4.57 Å². The minimum absolute atomic E-state index is 0.150. The highest BCUT2D eigenvalue weighted by atomic mass is 15.1. The summed E-state index contributed by atoms with van der Waals surface area (Å²) in [6, 6.07) is 53.9. The van der Waals surface area contributed by atoms with Gasteiger partial charge in [-0.15, -0.1) is 0 Å². The van der Waals surface area contributed by atoms with Crippen molar-refractivity contribution in [3.05, 3.63) is 220 Å². The van der Waals surface area contributed by atoms with Crippen molar-refractivity contribution in [3.8, 4) is 11.4 Å². The van der Waals surface area contributed by atoms with Crippen LogP contribution in [-0.2, 0) is 0 Å². The summed E-state index contributed by atoms with van der Waals surface area (Å²) in [7, 11) is 0. The van der Waals surface area contributed by atoms with Crippen LogP contribution in [0.5, 0.6) is 0 Å². The maximum atomic E-state index is 2.49. The molecule has 0 amide bonds. The maximum absolute atomic E-state index is 2.49. The molecule has 0 unspecified atom stereocenters. The molecule has 0 aliphatic heterocycles. The lowest BCUT2D eigenvalue weighted by molar-refractivity contribution is -0.596. The predicted octanol–water partition coefficient (Wildman–Crippen LogP) is 13.6. The minimum atomic E-state index is 0.150. The molecular weight excluding hydrogens is 665 g/mol. The normalized spacial score (nSPS) is 11.9.